The molecule has 6 nitrogen and oxygen atoms in total. The van der Waals surface area contributed by atoms with E-state index in [-0.39, 0.29) is 5.69 Å². The van der Waals surface area contributed by atoms with Gasteiger partial charge in [-0.2, -0.15) is 4.68 Å². The topological polar surface area (TPSA) is 66.1 Å². The van der Waals surface area contributed by atoms with E-state index < -0.39 is 34.5 Å². The molecule has 2 aromatic rings. The van der Waals surface area contributed by atoms with Crippen LogP contribution in [0.4, 0.5) is 8.78 Å². The van der Waals surface area contributed by atoms with Gasteiger partial charge in [-0.1, -0.05) is 0 Å². The number of hydrogen-bond donors (Lipinski definition) is 0. The van der Waals surface area contributed by atoms with Crippen LogP contribution in [0.15, 0.2) is 16.9 Å². The average Bonchev–Trinajstić information content (AvgIpc) is 2.85. The lowest BCUT2D eigenvalue weighted by Crippen LogP contribution is -2.27. The number of rotatable bonds is 2. The van der Waals surface area contributed by atoms with Crippen molar-refractivity contribution in [3.63, 3.8) is 0 Å². The molecular formula is C17H19F2N3O3. The van der Waals surface area contributed by atoms with Gasteiger partial charge in [0.15, 0.2) is 0 Å². The van der Waals surface area contributed by atoms with E-state index in [1.807, 2.05) is 0 Å². The maximum Gasteiger partial charge on any atom is 0.350 e. The second-order valence-corrected chi connectivity index (χ2v) is 7.00. The zero-order valence-electron chi connectivity index (χ0n) is 14.3. The molecule has 3 rings (SSSR count). The average molecular weight is 351 g/mol. The number of nitrogens with zero attached hydrogens (tertiary/aromatic N) is 3. The maximum atomic E-state index is 14.5. The molecule has 25 heavy (non-hydrogen) atoms. The van der Waals surface area contributed by atoms with E-state index in [9.17, 15) is 18.4 Å². The van der Waals surface area contributed by atoms with Crippen molar-refractivity contribution in [2.75, 3.05) is 0 Å². The van der Waals surface area contributed by atoms with Crippen molar-refractivity contribution in [2.45, 2.75) is 52.2 Å². The molecule has 0 saturated heterocycles. The van der Waals surface area contributed by atoms with E-state index in [0.29, 0.717) is 18.8 Å². The van der Waals surface area contributed by atoms with E-state index in [4.69, 9.17) is 4.74 Å². The summed E-state index contributed by atoms with van der Waals surface area (Å²) in [5.41, 5.74) is -2.19. The van der Waals surface area contributed by atoms with E-state index in [1.54, 1.807) is 20.8 Å². The van der Waals surface area contributed by atoms with Gasteiger partial charge in [0.25, 0.3) is 0 Å². The number of carbonyl (C=O) groups is 1. The molecule has 1 aliphatic heterocycles. The molecule has 0 bridgehead atoms. The molecule has 1 aliphatic rings. The van der Waals surface area contributed by atoms with Crippen molar-refractivity contribution < 1.29 is 18.3 Å². The highest BCUT2D eigenvalue weighted by Crippen LogP contribution is 2.21. The first-order chi connectivity index (χ1) is 11.7. The fourth-order valence-corrected chi connectivity index (χ4v) is 2.74. The number of aromatic nitrogens is 3. The summed E-state index contributed by atoms with van der Waals surface area (Å²) in [7, 11) is 0. The molecule has 0 atom stereocenters. The Morgan fingerprint density at radius 3 is 2.56 bits per heavy atom. The third-order valence-electron chi connectivity index (χ3n) is 3.85. The number of aryl methyl sites for hydroxylation is 1. The summed E-state index contributed by atoms with van der Waals surface area (Å²) in [6, 6.07) is 1.54. The third kappa shape index (κ3) is 3.33. The summed E-state index contributed by atoms with van der Waals surface area (Å²) in [6.07, 6.45) is 2.35. The Kier molecular flexibility index (Phi) is 4.22. The minimum Gasteiger partial charge on any atom is -0.456 e. The molecule has 2 heterocycles. The minimum atomic E-state index is -0.969. The zero-order valence-corrected chi connectivity index (χ0v) is 14.3. The Hall–Kier alpha value is -2.51. The Labute approximate surface area is 143 Å². The molecule has 1 aromatic carbocycles. The highest BCUT2D eigenvalue weighted by Gasteiger charge is 2.25. The normalized spacial score (nSPS) is 14.3. The van der Waals surface area contributed by atoms with Crippen molar-refractivity contribution >= 4 is 5.97 Å². The van der Waals surface area contributed by atoms with Crippen LogP contribution >= 0.6 is 0 Å². The van der Waals surface area contributed by atoms with Crippen LogP contribution < -0.4 is 5.69 Å². The first-order valence-electron chi connectivity index (χ1n) is 8.09. The van der Waals surface area contributed by atoms with Crippen LogP contribution in [0.25, 0.3) is 5.69 Å². The molecule has 8 heteroatoms. The smallest absolute Gasteiger partial charge is 0.350 e. The molecule has 0 N–H and O–H groups in total. The van der Waals surface area contributed by atoms with Gasteiger partial charge in [0.05, 0.1) is 5.56 Å². The summed E-state index contributed by atoms with van der Waals surface area (Å²) < 4.78 is 36.2. The van der Waals surface area contributed by atoms with E-state index in [0.717, 1.165) is 29.7 Å². The number of fused-ring (bicyclic) bond motifs is 1. The Morgan fingerprint density at radius 1 is 1.20 bits per heavy atom. The van der Waals surface area contributed by atoms with Crippen LogP contribution in [-0.2, 0) is 17.7 Å². The monoisotopic (exact) mass is 351 g/mol. The summed E-state index contributed by atoms with van der Waals surface area (Å²) in [6.45, 7) is 5.39. The Morgan fingerprint density at radius 2 is 1.92 bits per heavy atom. The van der Waals surface area contributed by atoms with E-state index in [1.165, 1.54) is 4.57 Å². The summed E-state index contributed by atoms with van der Waals surface area (Å²) in [4.78, 5) is 24.4. The van der Waals surface area contributed by atoms with Crippen LogP contribution in [0.2, 0.25) is 0 Å². The predicted molar refractivity (Wildman–Crippen MR) is 85.8 cm³/mol. The lowest BCUT2D eigenvalue weighted by molar-refractivity contribution is 0.00641. The molecule has 0 unspecified atom stereocenters. The molecule has 0 fully saturated rings. The summed E-state index contributed by atoms with van der Waals surface area (Å²) in [5.74, 6) is -2.30. The number of benzene rings is 1. The fourth-order valence-electron chi connectivity index (χ4n) is 2.74. The van der Waals surface area contributed by atoms with Crippen molar-refractivity contribution in [1.29, 1.82) is 0 Å². The first-order valence-corrected chi connectivity index (χ1v) is 8.09. The number of halogens is 2. The number of hydrogen-bond acceptors (Lipinski definition) is 4. The molecule has 0 aliphatic carbocycles. The highest BCUT2D eigenvalue weighted by molar-refractivity contribution is 5.90. The standard InChI is InChI=1S/C17H19F2N3O3/c1-17(2,3)25-15(23)10-8-12(19)13(9-11(10)18)22-16(24)21-7-5-4-6-14(21)20-22/h8-9H,4-7H2,1-3H3. The van der Waals surface area contributed by atoms with Crippen LogP contribution in [0.1, 0.15) is 49.8 Å². The molecule has 0 spiro atoms. The van der Waals surface area contributed by atoms with Gasteiger partial charge < -0.3 is 4.74 Å². The van der Waals surface area contributed by atoms with Gasteiger partial charge in [0.1, 0.15) is 28.7 Å². The second kappa shape index (κ2) is 6.09. The van der Waals surface area contributed by atoms with E-state index in [2.05, 4.69) is 5.10 Å². The largest absolute Gasteiger partial charge is 0.456 e. The highest BCUT2D eigenvalue weighted by atomic mass is 19.1. The van der Waals surface area contributed by atoms with Crippen molar-refractivity contribution in [1.82, 2.24) is 14.3 Å². The number of esters is 1. The molecule has 134 valence electrons. The lowest BCUT2D eigenvalue weighted by Gasteiger charge is -2.19. The van der Waals surface area contributed by atoms with Crippen molar-refractivity contribution in [3.8, 4) is 5.69 Å². The van der Waals surface area contributed by atoms with E-state index >= 15 is 0 Å². The summed E-state index contributed by atoms with van der Waals surface area (Å²) >= 11 is 0. The first kappa shape index (κ1) is 17.3. The Bertz CT molecular complexity index is 894. The van der Waals surface area contributed by atoms with Crippen LogP contribution in [-0.4, -0.2) is 25.9 Å². The van der Waals surface area contributed by atoms with Crippen LogP contribution in [0.5, 0.6) is 0 Å². The van der Waals surface area contributed by atoms with Gasteiger partial charge in [0, 0.05) is 19.0 Å². The zero-order chi connectivity index (χ0) is 18.4. The quantitative estimate of drug-likeness (QED) is 0.780. The number of ether oxygens (including phenoxy) is 1. The predicted octanol–water partition coefficient (Wildman–Crippen LogP) is 2.60. The SMILES string of the molecule is CC(C)(C)OC(=O)c1cc(F)c(-n2nc3n(c2=O)CCCC3)cc1F. The van der Waals surface area contributed by atoms with Crippen LogP contribution in [0, 0.1) is 11.6 Å². The second-order valence-electron chi connectivity index (χ2n) is 7.00. The van der Waals surface area contributed by atoms with Gasteiger partial charge in [-0.05, 0) is 39.7 Å². The number of carbonyl (C=O) groups excluding carboxylic acids is 1. The van der Waals surface area contributed by atoms with Crippen molar-refractivity contribution in [2.24, 2.45) is 0 Å². The Balaban J connectivity index is 2.03. The van der Waals surface area contributed by atoms with Crippen LogP contribution in [0.3, 0.4) is 0 Å². The maximum absolute atomic E-state index is 14.5. The molecule has 1 aromatic heterocycles. The van der Waals surface area contributed by atoms with Gasteiger partial charge >= 0.3 is 11.7 Å². The van der Waals surface area contributed by atoms with Gasteiger partial charge in [-0.3, -0.25) is 4.57 Å². The third-order valence-corrected chi connectivity index (χ3v) is 3.85. The summed E-state index contributed by atoms with van der Waals surface area (Å²) in [5, 5.41) is 4.10. The lowest BCUT2D eigenvalue weighted by atomic mass is 10.1. The van der Waals surface area contributed by atoms with Crippen molar-refractivity contribution in [3.05, 3.63) is 45.6 Å². The van der Waals surface area contributed by atoms with Gasteiger partial charge in [-0.15, -0.1) is 5.10 Å². The minimum absolute atomic E-state index is 0.322. The molecular weight excluding hydrogens is 332 g/mol. The fraction of sp³-hybridized carbons (Fsp3) is 0.471. The molecule has 0 saturated carbocycles. The van der Waals surface area contributed by atoms with Gasteiger partial charge in [0.2, 0.25) is 0 Å². The molecule has 0 radical (unpaired) electrons. The van der Waals surface area contributed by atoms with Gasteiger partial charge in [-0.25, -0.2) is 18.4 Å². The molecule has 0 amide bonds.